The Kier molecular flexibility index (Phi) is 8.81. The molecule has 3 N–H and O–H groups in total. The van der Waals surface area contributed by atoms with Crippen LogP contribution in [0.5, 0.6) is 17.2 Å². The third-order valence-electron chi connectivity index (χ3n) is 7.92. The topological polar surface area (TPSA) is 102 Å². The SMILES string of the molecule is COc1cc(C2=CC3=C(CC2)C(=O)Nc2cc(CCOc4ccc(N5CCOCC5)cc4)ccc2N3)ccc1OCCO. The minimum Gasteiger partial charge on any atom is -0.493 e. The summed E-state index contributed by atoms with van der Waals surface area (Å²) < 4.78 is 22.6. The molecule has 0 bridgehead atoms. The van der Waals surface area contributed by atoms with Gasteiger partial charge < -0.3 is 39.6 Å². The van der Waals surface area contributed by atoms with Crippen molar-refractivity contribution in [3.63, 3.8) is 0 Å². The largest absolute Gasteiger partial charge is 0.493 e. The van der Waals surface area contributed by atoms with Gasteiger partial charge in [0.05, 0.1) is 44.9 Å². The van der Waals surface area contributed by atoms with Crippen molar-refractivity contribution in [1.82, 2.24) is 0 Å². The zero-order valence-electron chi connectivity index (χ0n) is 24.4. The Morgan fingerprint density at radius 2 is 1.72 bits per heavy atom. The number of nitrogens with one attached hydrogen (secondary N) is 2. The predicted molar refractivity (Wildman–Crippen MR) is 167 cm³/mol. The lowest BCUT2D eigenvalue weighted by Crippen LogP contribution is -2.36. The summed E-state index contributed by atoms with van der Waals surface area (Å²) >= 11 is 0. The zero-order chi connectivity index (χ0) is 29.6. The van der Waals surface area contributed by atoms with Crippen LogP contribution in [-0.2, 0) is 16.0 Å². The lowest BCUT2D eigenvalue weighted by atomic mass is 9.91. The molecule has 0 spiro atoms. The molecule has 224 valence electrons. The number of anilines is 3. The number of nitrogens with zero attached hydrogens (tertiary/aromatic N) is 1. The lowest BCUT2D eigenvalue weighted by Gasteiger charge is -2.28. The molecule has 6 rings (SSSR count). The van der Waals surface area contributed by atoms with E-state index in [1.807, 2.05) is 48.5 Å². The van der Waals surface area contributed by atoms with Gasteiger partial charge in [0.1, 0.15) is 12.4 Å². The molecule has 2 heterocycles. The minimum absolute atomic E-state index is 0.0675. The van der Waals surface area contributed by atoms with Crippen molar-refractivity contribution in [2.24, 2.45) is 0 Å². The molecule has 1 fully saturated rings. The Morgan fingerprint density at radius 1 is 0.884 bits per heavy atom. The number of carbonyl (C=O) groups is 1. The molecular weight excluding hydrogens is 546 g/mol. The van der Waals surface area contributed by atoms with Crippen LogP contribution in [0.1, 0.15) is 24.0 Å². The van der Waals surface area contributed by atoms with Gasteiger partial charge in [-0.15, -0.1) is 0 Å². The summed E-state index contributed by atoms with van der Waals surface area (Å²) in [5.41, 5.74) is 7.51. The number of hydrogen-bond acceptors (Lipinski definition) is 8. The summed E-state index contributed by atoms with van der Waals surface area (Å²) in [5.74, 6) is 1.94. The number of hydrogen-bond donors (Lipinski definition) is 3. The number of rotatable bonds is 10. The van der Waals surface area contributed by atoms with E-state index in [-0.39, 0.29) is 19.1 Å². The van der Waals surface area contributed by atoms with Gasteiger partial charge in [-0.25, -0.2) is 0 Å². The van der Waals surface area contributed by atoms with Crippen LogP contribution in [0.15, 0.2) is 78.0 Å². The number of morpholine rings is 1. The first-order valence-electron chi connectivity index (χ1n) is 14.7. The van der Waals surface area contributed by atoms with Crippen molar-refractivity contribution in [2.75, 3.05) is 68.8 Å². The molecule has 1 saturated heterocycles. The normalized spacial score (nSPS) is 16.3. The van der Waals surface area contributed by atoms with Gasteiger partial charge in [0.2, 0.25) is 0 Å². The van der Waals surface area contributed by atoms with E-state index >= 15 is 0 Å². The number of amides is 1. The van der Waals surface area contributed by atoms with Crippen LogP contribution in [0.25, 0.3) is 5.57 Å². The van der Waals surface area contributed by atoms with Gasteiger partial charge >= 0.3 is 0 Å². The number of benzene rings is 3. The van der Waals surface area contributed by atoms with Crippen LogP contribution in [0, 0.1) is 0 Å². The fourth-order valence-electron chi connectivity index (χ4n) is 5.61. The van der Waals surface area contributed by atoms with Crippen molar-refractivity contribution < 1.29 is 28.8 Å². The van der Waals surface area contributed by atoms with E-state index in [0.717, 1.165) is 77.8 Å². The first-order chi connectivity index (χ1) is 21.1. The van der Waals surface area contributed by atoms with Gasteiger partial charge in [-0.2, -0.15) is 0 Å². The highest BCUT2D eigenvalue weighted by Gasteiger charge is 2.25. The Morgan fingerprint density at radius 3 is 2.51 bits per heavy atom. The van der Waals surface area contributed by atoms with E-state index in [1.54, 1.807) is 7.11 Å². The minimum atomic E-state index is -0.0874. The number of methoxy groups -OCH3 is 1. The molecule has 1 aliphatic carbocycles. The van der Waals surface area contributed by atoms with Crippen molar-refractivity contribution in [3.8, 4) is 17.2 Å². The molecule has 0 saturated carbocycles. The summed E-state index contributed by atoms with van der Waals surface area (Å²) in [5, 5.41) is 15.7. The fourth-order valence-corrected chi connectivity index (χ4v) is 5.61. The van der Waals surface area contributed by atoms with Gasteiger partial charge in [0.15, 0.2) is 11.5 Å². The summed E-state index contributed by atoms with van der Waals surface area (Å²) in [6.45, 7) is 4.01. The van der Waals surface area contributed by atoms with Crippen LogP contribution in [0.4, 0.5) is 17.1 Å². The third-order valence-corrected chi connectivity index (χ3v) is 7.92. The first kappa shape index (κ1) is 28.6. The van der Waals surface area contributed by atoms with E-state index in [2.05, 4.69) is 33.7 Å². The monoisotopic (exact) mass is 583 g/mol. The molecule has 3 aromatic rings. The van der Waals surface area contributed by atoms with Crippen LogP contribution in [0.2, 0.25) is 0 Å². The van der Waals surface area contributed by atoms with Crippen LogP contribution in [0.3, 0.4) is 0 Å². The summed E-state index contributed by atoms with van der Waals surface area (Å²) in [4.78, 5) is 15.5. The first-order valence-corrected chi connectivity index (χ1v) is 14.7. The third kappa shape index (κ3) is 6.63. The maximum Gasteiger partial charge on any atom is 0.253 e. The van der Waals surface area contributed by atoms with E-state index in [1.165, 1.54) is 5.69 Å². The standard InChI is InChI=1S/C34H37N3O6/c1-40-33-22-25(4-11-32(33)43-19-15-38)24-3-9-28-30(21-24)35-29-10-2-23(20-31(29)36-34(28)39)12-16-42-27-7-5-26(6-8-27)37-13-17-41-18-14-37/h2,4-8,10-11,20-22,35,38H,3,9,12-19H2,1H3,(H,36,39). The second kappa shape index (κ2) is 13.2. The molecule has 3 aromatic carbocycles. The summed E-state index contributed by atoms with van der Waals surface area (Å²) in [6, 6.07) is 20.1. The van der Waals surface area contributed by atoms with Crippen molar-refractivity contribution in [1.29, 1.82) is 0 Å². The van der Waals surface area contributed by atoms with E-state index in [0.29, 0.717) is 30.9 Å². The molecule has 9 heteroatoms. The second-order valence-electron chi connectivity index (χ2n) is 10.7. The van der Waals surface area contributed by atoms with E-state index in [9.17, 15) is 4.79 Å². The molecule has 9 nitrogen and oxygen atoms in total. The average molecular weight is 584 g/mol. The van der Waals surface area contributed by atoms with Gasteiger partial charge in [-0.3, -0.25) is 4.79 Å². The molecule has 43 heavy (non-hydrogen) atoms. The summed E-state index contributed by atoms with van der Waals surface area (Å²) in [7, 11) is 1.60. The van der Waals surface area contributed by atoms with Crippen molar-refractivity contribution >= 4 is 28.5 Å². The number of allylic oxidation sites excluding steroid dienone is 2. The van der Waals surface area contributed by atoms with Gasteiger partial charge in [-0.1, -0.05) is 12.1 Å². The highest BCUT2D eigenvalue weighted by atomic mass is 16.5. The molecule has 0 unspecified atom stereocenters. The number of aliphatic hydroxyl groups is 1. The Labute approximate surface area is 251 Å². The van der Waals surface area contributed by atoms with E-state index < -0.39 is 0 Å². The highest BCUT2D eigenvalue weighted by Crippen LogP contribution is 2.38. The zero-order valence-corrected chi connectivity index (χ0v) is 24.4. The van der Waals surface area contributed by atoms with Gasteiger partial charge in [0.25, 0.3) is 5.91 Å². The highest BCUT2D eigenvalue weighted by molar-refractivity contribution is 6.09. The Hall–Kier alpha value is -4.47. The maximum atomic E-state index is 13.2. The van der Waals surface area contributed by atoms with Crippen molar-refractivity contribution in [3.05, 3.63) is 89.1 Å². The number of ether oxygens (including phenoxy) is 4. The molecule has 1 amide bonds. The summed E-state index contributed by atoms with van der Waals surface area (Å²) in [6.07, 6.45) is 4.10. The van der Waals surface area contributed by atoms with E-state index in [4.69, 9.17) is 24.1 Å². The fraction of sp³-hybridized carbons (Fsp3) is 0.324. The molecule has 2 aliphatic heterocycles. The van der Waals surface area contributed by atoms with Crippen molar-refractivity contribution in [2.45, 2.75) is 19.3 Å². The van der Waals surface area contributed by atoms with Crippen LogP contribution < -0.4 is 29.7 Å². The van der Waals surface area contributed by atoms with Crippen LogP contribution >= 0.6 is 0 Å². The second-order valence-corrected chi connectivity index (χ2v) is 10.7. The number of carbonyl (C=O) groups excluding carboxylic acids is 1. The smallest absolute Gasteiger partial charge is 0.253 e. The maximum absolute atomic E-state index is 13.2. The number of aliphatic hydroxyl groups excluding tert-OH is 1. The average Bonchev–Trinajstić information content (AvgIpc) is 3.19. The molecule has 0 radical (unpaired) electrons. The Bertz CT molecular complexity index is 1530. The molecular formula is C34H37N3O6. The lowest BCUT2D eigenvalue weighted by molar-refractivity contribution is -0.113. The number of fused-ring (bicyclic) bond motifs is 1. The van der Waals surface area contributed by atoms with Gasteiger partial charge in [-0.05, 0) is 84.1 Å². The molecule has 0 aromatic heterocycles. The predicted octanol–water partition coefficient (Wildman–Crippen LogP) is 5.02. The Balaban J connectivity index is 1.10. The van der Waals surface area contributed by atoms with Gasteiger partial charge in [0, 0.05) is 36.5 Å². The molecule has 0 atom stereocenters. The van der Waals surface area contributed by atoms with Crippen LogP contribution in [-0.4, -0.2) is 64.2 Å². The molecule has 3 aliphatic rings. The quantitative estimate of drug-likeness (QED) is 0.306.